The van der Waals surface area contributed by atoms with Crippen molar-refractivity contribution in [1.29, 1.82) is 0 Å². The molecule has 0 aliphatic carbocycles. The summed E-state index contributed by atoms with van der Waals surface area (Å²) in [6, 6.07) is 13.5. The van der Waals surface area contributed by atoms with Gasteiger partial charge in [-0.3, -0.25) is 9.79 Å². The number of hydrogen-bond donors (Lipinski definition) is 1. The highest BCUT2D eigenvalue weighted by atomic mass is 16.3. The van der Waals surface area contributed by atoms with Crippen molar-refractivity contribution in [1.82, 2.24) is 5.32 Å². The molecule has 4 nitrogen and oxygen atoms in total. The number of carbonyl (C=O) groups is 1. The van der Waals surface area contributed by atoms with Crippen LogP contribution in [0.4, 0.5) is 0 Å². The van der Waals surface area contributed by atoms with E-state index >= 15 is 0 Å². The quantitative estimate of drug-likeness (QED) is 0.800. The van der Waals surface area contributed by atoms with Crippen LogP contribution < -0.4 is 5.32 Å². The van der Waals surface area contributed by atoms with E-state index in [1.807, 2.05) is 42.5 Å². The number of furan rings is 1. The summed E-state index contributed by atoms with van der Waals surface area (Å²) in [6.07, 6.45) is 7.03. The van der Waals surface area contributed by atoms with Gasteiger partial charge in [-0.2, -0.15) is 0 Å². The van der Waals surface area contributed by atoms with E-state index in [1.165, 1.54) is 0 Å². The highest BCUT2D eigenvalue weighted by Crippen LogP contribution is 2.28. The molecule has 112 valence electrons. The lowest BCUT2D eigenvalue weighted by molar-refractivity contribution is 0.0951. The fourth-order valence-corrected chi connectivity index (χ4v) is 2.71. The normalized spacial score (nSPS) is 12.3. The molecule has 4 rings (SSSR count). The Labute approximate surface area is 133 Å². The lowest BCUT2D eigenvalue weighted by Crippen LogP contribution is -2.22. The summed E-state index contributed by atoms with van der Waals surface area (Å²) >= 11 is 0. The molecule has 0 saturated heterocycles. The Bertz CT molecular complexity index is 937. The summed E-state index contributed by atoms with van der Waals surface area (Å²) in [6.45, 7) is 0.495. The highest BCUT2D eigenvalue weighted by molar-refractivity contribution is 6.07. The van der Waals surface area contributed by atoms with E-state index < -0.39 is 0 Å². The molecule has 1 aliphatic heterocycles. The van der Waals surface area contributed by atoms with Gasteiger partial charge in [0, 0.05) is 35.5 Å². The Morgan fingerprint density at radius 3 is 2.87 bits per heavy atom. The van der Waals surface area contributed by atoms with E-state index in [2.05, 4.69) is 10.3 Å². The van der Waals surface area contributed by atoms with Crippen LogP contribution in [0, 0.1) is 0 Å². The fraction of sp³-hybridized carbons (Fsp3) is 0.0526. The van der Waals surface area contributed by atoms with E-state index in [9.17, 15) is 4.79 Å². The van der Waals surface area contributed by atoms with Crippen molar-refractivity contribution in [2.75, 3.05) is 0 Å². The molecule has 1 amide bonds. The van der Waals surface area contributed by atoms with Crippen LogP contribution in [-0.4, -0.2) is 12.1 Å². The van der Waals surface area contributed by atoms with Crippen LogP contribution in [0.1, 0.15) is 27.0 Å². The molecule has 1 N–H and O–H groups in total. The van der Waals surface area contributed by atoms with Crippen molar-refractivity contribution in [2.45, 2.75) is 6.54 Å². The first-order valence-corrected chi connectivity index (χ1v) is 7.38. The molecule has 23 heavy (non-hydrogen) atoms. The third kappa shape index (κ3) is 2.55. The molecule has 0 radical (unpaired) electrons. The van der Waals surface area contributed by atoms with Crippen LogP contribution in [-0.2, 0) is 6.54 Å². The van der Waals surface area contributed by atoms with Gasteiger partial charge in [0.25, 0.3) is 5.91 Å². The summed E-state index contributed by atoms with van der Waals surface area (Å²) in [5.74, 6) is -0.122. The molecular weight excluding hydrogens is 288 g/mol. The van der Waals surface area contributed by atoms with Gasteiger partial charge in [-0.1, -0.05) is 30.3 Å². The zero-order chi connectivity index (χ0) is 15.6. The van der Waals surface area contributed by atoms with Crippen molar-refractivity contribution in [3.63, 3.8) is 0 Å². The van der Waals surface area contributed by atoms with Gasteiger partial charge in [0.1, 0.15) is 11.8 Å². The van der Waals surface area contributed by atoms with E-state index in [1.54, 1.807) is 24.7 Å². The van der Waals surface area contributed by atoms with E-state index in [-0.39, 0.29) is 5.91 Å². The first-order valence-electron chi connectivity index (χ1n) is 7.38. The maximum atomic E-state index is 12.4. The van der Waals surface area contributed by atoms with Gasteiger partial charge in [-0.05, 0) is 29.3 Å². The molecular formula is C19H14N2O2. The van der Waals surface area contributed by atoms with Crippen molar-refractivity contribution < 1.29 is 9.21 Å². The molecule has 0 atom stereocenters. The predicted molar refractivity (Wildman–Crippen MR) is 90.5 cm³/mol. The maximum Gasteiger partial charge on any atom is 0.251 e. The van der Waals surface area contributed by atoms with Crippen LogP contribution >= 0.6 is 0 Å². The Balaban J connectivity index is 1.64. The minimum atomic E-state index is -0.122. The van der Waals surface area contributed by atoms with Crippen molar-refractivity contribution in [3.05, 3.63) is 77.2 Å². The van der Waals surface area contributed by atoms with Gasteiger partial charge in [0.15, 0.2) is 0 Å². The summed E-state index contributed by atoms with van der Waals surface area (Å²) in [4.78, 5) is 16.6. The molecule has 0 fully saturated rings. The SMILES string of the molecule is O=C(NCc1ccccc1)c1cc2c3c(coc3c1)C=NC=C2. The molecule has 3 aromatic rings. The number of carbonyl (C=O) groups excluding carboxylic acids is 1. The Hall–Kier alpha value is -3.14. The molecule has 0 saturated carbocycles. The summed E-state index contributed by atoms with van der Waals surface area (Å²) in [7, 11) is 0. The third-order valence-electron chi connectivity index (χ3n) is 3.85. The molecule has 0 spiro atoms. The fourth-order valence-electron chi connectivity index (χ4n) is 2.71. The standard InChI is InChI=1S/C19H14N2O2/c22-19(21-10-13-4-2-1-3-5-13)15-8-14-6-7-20-11-16-12-23-17(9-15)18(14)16/h1-9,11-12H,10H2,(H,21,22). The second-order valence-electron chi connectivity index (χ2n) is 5.39. The number of nitrogens with one attached hydrogen (secondary N) is 1. The number of benzene rings is 2. The Morgan fingerprint density at radius 2 is 2.00 bits per heavy atom. The number of nitrogens with zero attached hydrogens (tertiary/aromatic N) is 1. The molecule has 0 bridgehead atoms. The average molecular weight is 302 g/mol. The molecule has 0 unspecified atom stereocenters. The van der Waals surface area contributed by atoms with Crippen molar-refractivity contribution in [2.24, 2.45) is 4.99 Å². The number of amides is 1. The van der Waals surface area contributed by atoms with Crippen LogP contribution in [0.3, 0.4) is 0 Å². The summed E-state index contributed by atoms with van der Waals surface area (Å²) < 4.78 is 5.56. The minimum absolute atomic E-state index is 0.122. The molecule has 2 heterocycles. The number of hydrogen-bond acceptors (Lipinski definition) is 3. The topological polar surface area (TPSA) is 54.6 Å². The van der Waals surface area contributed by atoms with Crippen LogP contribution in [0.5, 0.6) is 0 Å². The first kappa shape index (κ1) is 13.5. The largest absolute Gasteiger partial charge is 0.464 e. The molecule has 1 aromatic heterocycles. The lowest BCUT2D eigenvalue weighted by atomic mass is 10.0. The number of aliphatic imine (C=N–C) groups is 1. The predicted octanol–water partition coefficient (Wildman–Crippen LogP) is 3.77. The first-order chi connectivity index (χ1) is 11.3. The van der Waals surface area contributed by atoms with Gasteiger partial charge in [-0.15, -0.1) is 0 Å². The van der Waals surface area contributed by atoms with Crippen molar-refractivity contribution in [3.8, 4) is 0 Å². The lowest BCUT2D eigenvalue weighted by Gasteiger charge is -2.07. The molecule has 1 aliphatic rings. The highest BCUT2D eigenvalue weighted by Gasteiger charge is 2.14. The van der Waals surface area contributed by atoms with Gasteiger partial charge in [0.05, 0.1) is 0 Å². The van der Waals surface area contributed by atoms with Crippen LogP contribution in [0.25, 0.3) is 17.0 Å². The number of rotatable bonds is 3. The smallest absolute Gasteiger partial charge is 0.251 e. The third-order valence-corrected chi connectivity index (χ3v) is 3.85. The second-order valence-corrected chi connectivity index (χ2v) is 5.39. The van der Waals surface area contributed by atoms with E-state index in [0.717, 1.165) is 22.1 Å². The second kappa shape index (κ2) is 5.57. The zero-order valence-electron chi connectivity index (χ0n) is 12.3. The van der Waals surface area contributed by atoms with Gasteiger partial charge in [0.2, 0.25) is 0 Å². The van der Waals surface area contributed by atoms with Gasteiger partial charge < -0.3 is 9.73 Å². The average Bonchev–Trinajstić information content (AvgIpc) is 2.88. The van der Waals surface area contributed by atoms with Crippen LogP contribution in [0.15, 0.2) is 64.3 Å². The maximum absolute atomic E-state index is 12.4. The van der Waals surface area contributed by atoms with E-state index in [0.29, 0.717) is 17.7 Å². The van der Waals surface area contributed by atoms with Gasteiger partial charge in [-0.25, -0.2) is 0 Å². The minimum Gasteiger partial charge on any atom is -0.464 e. The zero-order valence-corrected chi connectivity index (χ0v) is 12.3. The molecule has 4 heteroatoms. The Kier molecular flexibility index (Phi) is 3.27. The molecule has 2 aromatic carbocycles. The summed E-state index contributed by atoms with van der Waals surface area (Å²) in [5, 5.41) is 3.92. The van der Waals surface area contributed by atoms with Gasteiger partial charge >= 0.3 is 0 Å². The monoisotopic (exact) mass is 302 g/mol. The summed E-state index contributed by atoms with van der Waals surface area (Å²) in [5.41, 5.74) is 4.20. The van der Waals surface area contributed by atoms with Crippen LogP contribution in [0.2, 0.25) is 0 Å². The Morgan fingerprint density at radius 1 is 1.13 bits per heavy atom. The van der Waals surface area contributed by atoms with Crippen molar-refractivity contribution >= 4 is 29.2 Å². The van der Waals surface area contributed by atoms with E-state index in [4.69, 9.17) is 4.42 Å².